The summed E-state index contributed by atoms with van der Waals surface area (Å²) >= 11 is 1.46. The second-order valence-electron chi connectivity index (χ2n) is 6.57. The number of nitrogens with zero attached hydrogens (tertiary/aromatic N) is 5. The van der Waals surface area contributed by atoms with Crippen LogP contribution in [0.2, 0.25) is 0 Å². The van der Waals surface area contributed by atoms with Crippen molar-refractivity contribution in [1.29, 1.82) is 0 Å². The highest BCUT2D eigenvalue weighted by molar-refractivity contribution is 7.22. The number of ether oxygens (including phenoxy) is 1. The standard InChI is InChI=1S/C21H21N5O2S/c1-4-28-16-8-9-17-18(11-16)29-21(24-17)26(13-15-7-5-6-10-22-15)20(27)19-14(2)12-23-25(19)3/h5-12H,4,13H2,1-3H3. The maximum Gasteiger partial charge on any atom is 0.278 e. The molecule has 3 heterocycles. The summed E-state index contributed by atoms with van der Waals surface area (Å²) in [6, 6.07) is 11.4. The third-order valence-corrected chi connectivity index (χ3v) is 5.55. The van der Waals surface area contributed by atoms with Crippen molar-refractivity contribution in [3.8, 4) is 5.75 Å². The van der Waals surface area contributed by atoms with Gasteiger partial charge in [-0.2, -0.15) is 5.10 Å². The van der Waals surface area contributed by atoms with Gasteiger partial charge in [-0.15, -0.1) is 0 Å². The molecule has 0 bridgehead atoms. The summed E-state index contributed by atoms with van der Waals surface area (Å²) in [5, 5.41) is 4.83. The van der Waals surface area contributed by atoms with Crippen molar-refractivity contribution in [2.24, 2.45) is 7.05 Å². The smallest absolute Gasteiger partial charge is 0.278 e. The number of benzene rings is 1. The lowest BCUT2D eigenvalue weighted by Crippen LogP contribution is -2.32. The van der Waals surface area contributed by atoms with E-state index in [0.29, 0.717) is 24.0 Å². The van der Waals surface area contributed by atoms with Gasteiger partial charge < -0.3 is 4.74 Å². The number of anilines is 1. The average Bonchev–Trinajstić information content (AvgIpc) is 3.29. The summed E-state index contributed by atoms with van der Waals surface area (Å²) in [6.45, 7) is 4.75. The number of aryl methyl sites for hydroxylation is 2. The summed E-state index contributed by atoms with van der Waals surface area (Å²) in [6.07, 6.45) is 3.42. The van der Waals surface area contributed by atoms with Gasteiger partial charge >= 0.3 is 0 Å². The molecule has 0 aliphatic heterocycles. The molecule has 4 aromatic rings. The van der Waals surface area contributed by atoms with Crippen molar-refractivity contribution in [2.75, 3.05) is 11.5 Å². The van der Waals surface area contributed by atoms with Gasteiger partial charge in [0.05, 0.1) is 35.3 Å². The quantitative estimate of drug-likeness (QED) is 0.483. The van der Waals surface area contributed by atoms with E-state index >= 15 is 0 Å². The van der Waals surface area contributed by atoms with Crippen molar-refractivity contribution < 1.29 is 9.53 Å². The molecule has 0 saturated carbocycles. The van der Waals surface area contributed by atoms with Crippen LogP contribution < -0.4 is 9.64 Å². The number of fused-ring (bicyclic) bond motifs is 1. The first-order valence-electron chi connectivity index (χ1n) is 9.30. The molecular formula is C21H21N5O2S. The van der Waals surface area contributed by atoms with E-state index in [1.807, 2.05) is 50.2 Å². The van der Waals surface area contributed by atoms with Gasteiger partial charge in [-0.1, -0.05) is 17.4 Å². The molecule has 4 rings (SSSR count). The molecule has 0 aliphatic carbocycles. The van der Waals surface area contributed by atoms with Gasteiger partial charge in [-0.05, 0) is 49.7 Å². The van der Waals surface area contributed by atoms with Crippen LogP contribution in [0, 0.1) is 6.92 Å². The Kier molecular flexibility index (Phi) is 5.26. The first-order valence-corrected chi connectivity index (χ1v) is 10.1. The minimum absolute atomic E-state index is 0.155. The highest BCUT2D eigenvalue weighted by Gasteiger charge is 2.26. The minimum Gasteiger partial charge on any atom is -0.494 e. The van der Waals surface area contributed by atoms with E-state index in [2.05, 4.69) is 10.1 Å². The van der Waals surface area contributed by atoms with Gasteiger partial charge in [0.25, 0.3) is 5.91 Å². The SMILES string of the molecule is CCOc1ccc2nc(N(Cc3ccccn3)C(=O)c3c(C)cnn3C)sc2c1. The van der Waals surface area contributed by atoms with Crippen LogP contribution in [0.5, 0.6) is 5.75 Å². The molecule has 0 unspecified atom stereocenters. The number of thiazole rings is 1. The molecule has 7 nitrogen and oxygen atoms in total. The lowest BCUT2D eigenvalue weighted by Gasteiger charge is -2.20. The lowest BCUT2D eigenvalue weighted by atomic mass is 10.2. The number of hydrogen-bond donors (Lipinski definition) is 0. The zero-order valence-corrected chi connectivity index (χ0v) is 17.3. The van der Waals surface area contributed by atoms with E-state index in [1.165, 1.54) is 11.3 Å². The molecule has 0 spiro atoms. The Hall–Kier alpha value is -3.26. The van der Waals surface area contributed by atoms with Gasteiger partial charge in [-0.3, -0.25) is 19.4 Å². The van der Waals surface area contributed by atoms with E-state index in [4.69, 9.17) is 9.72 Å². The van der Waals surface area contributed by atoms with Crippen LogP contribution in [0.4, 0.5) is 5.13 Å². The van der Waals surface area contributed by atoms with Gasteiger partial charge in [0, 0.05) is 13.2 Å². The van der Waals surface area contributed by atoms with Crippen molar-refractivity contribution >= 4 is 32.6 Å². The van der Waals surface area contributed by atoms with Gasteiger partial charge in [0.15, 0.2) is 5.13 Å². The predicted octanol–water partition coefficient (Wildman–Crippen LogP) is 3.98. The van der Waals surface area contributed by atoms with Crippen LogP contribution in [0.25, 0.3) is 10.2 Å². The summed E-state index contributed by atoms with van der Waals surface area (Å²) in [4.78, 5) is 24.2. The summed E-state index contributed by atoms with van der Waals surface area (Å²) in [5.74, 6) is 0.637. The molecule has 0 N–H and O–H groups in total. The Bertz CT molecular complexity index is 1130. The van der Waals surface area contributed by atoms with E-state index in [0.717, 1.165) is 27.2 Å². The van der Waals surface area contributed by atoms with Crippen molar-refractivity contribution in [3.05, 3.63) is 65.7 Å². The molecule has 29 heavy (non-hydrogen) atoms. The molecule has 148 valence electrons. The summed E-state index contributed by atoms with van der Waals surface area (Å²) in [5.41, 5.74) is 2.97. The molecule has 0 aliphatic rings. The largest absolute Gasteiger partial charge is 0.494 e. The van der Waals surface area contributed by atoms with E-state index < -0.39 is 0 Å². The van der Waals surface area contributed by atoms with Crippen LogP contribution >= 0.6 is 11.3 Å². The van der Waals surface area contributed by atoms with Crippen LogP contribution in [-0.4, -0.2) is 32.3 Å². The first-order chi connectivity index (χ1) is 14.1. The Balaban J connectivity index is 1.77. The number of amides is 1. The van der Waals surface area contributed by atoms with Crippen LogP contribution in [0.1, 0.15) is 28.7 Å². The molecule has 0 fully saturated rings. The third-order valence-electron chi connectivity index (χ3n) is 4.51. The lowest BCUT2D eigenvalue weighted by molar-refractivity contribution is 0.0975. The fourth-order valence-electron chi connectivity index (χ4n) is 3.13. The van der Waals surface area contributed by atoms with Crippen LogP contribution in [0.3, 0.4) is 0 Å². The Morgan fingerprint density at radius 1 is 1.28 bits per heavy atom. The molecule has 1 amide bonds. The minimum atomic E-state index is -0.155. The number of carbonyl (C=O) groups is 1. The zero-order chi connectivity index (χ0) is 20.4. The summed E-state index contributed by atoms with van der Waals surface area (Å²) < 4.78 is 8.16. The first kappa shape index (κ1) is 19.1. The van der Waals surface area contributed by atoms with Crippen molar-refractivity contribution in [1.82, 2.24) is 19.7 Å². The fourth-order valence-corrected chi connectivity index (χ4v) is 4.12. The molecule has 0 radical (unpaired) electrons. The Morgan fingerprint density at radius 3 is 2.83 bits per heavy atom. The summed E-state index contributed by atoms with van der Waals surface area (Å²) in [7, 11) is 1.77. The van der Waals surface area contributed by atoms with E-state index in [-0.39, 0.29) is 5.91 Å². The average molecular weight is 407 g/mol. The maximum absolute atomic E-state index is 13.5. The Labute approximate surface area is 172 Å². The predicted molar refractivity (Wildman–Crippen MR) is 113 cm³/mol. The molecular weight excluding hydrogens is 386 g/mol. The topological polar surface area (TPSA) is 73.1 Å². The molecule has 3 aromatic heterocycles. The molecule has 1 aromatic carbocycles. The van der Waals surface area contributed by atoms with Crippen molar-refractivity contribution in [3.63, 3.8) is 0 Å². The number of carbonyl (C=O) groups excluding carboxylic acids is 1. The highest BCUT2D eigenvalue weighted by atomic mass is 32.1. The molecule has 0 atom stereocenters. The van der Waals surface area contributed by atoms with E-state index in [9.17, 15) is 4.79 Å². The number of hydrogen-bond acceptors (Lipinski definition) is 6. The van der Waals surface area contributed by atoms with Gasteiger partial charge in [-0.25, -0.2) is 4.98 Å². The van der Waals surface area contributed by atoms with Gasteiger partial charge in [0.1, 0.15) is 11.4 Å². The second-order valence-corrected chi connectivity index (χ2v) is 7.58. The second kappa shape index (κ2) is 8.00. The Morgan fingerprint density at radius 2 is 2.14 bits per heavy atom. The number of pyridine rings is 1. The monoisotopic (exact) mass is 407 g/mol. The van der Waals surface area contributed by atoms with Crippen molar-refractivity contribution in [2.45, 2.75) is 20.4 Å². The molecule has 8 heteroatoms. The number of aromatic nitrogens is 4. The number of rotatable bonds is 6. The third kappa shape index (κ3) is 3.84. The highest BCUT2D eigenvalue weighted by Crippen LogP contribution is 2.33. The normalized spacial score (nSPS) is 11.0. The van der Waals surface area contributed by atoms with Crippen LogP contribution in [-0.2, 0) is 13.6 Å². The zero-order valence-electron chi connectivity index (χ0n) is 16.5. The maximum atomic E-state index is 13.5. The fraction of sp³-hybridized carbons (Fsp3) is 0.238. The van der Waals surface area contributed by atoms with Gasteiger partial charge in [0.2, 0.25) is 0 Å². The van der Waals surface area contributed by atoms with Crippen LogP contribution in [0.15, 0.2) is 48.8 Å². The molecule has 0 saturated heterocycles. The van der Waals surface area contributed by atoms with E-state index in [1.54, 1.807) is 29.0 Å².